The van der Waals surface area contributed by atoms with E-state index in [-0.39, 0.29) is 0 Å². The zero-order valence-electron chi connectivity index (χ0n) is 13.0. The summed E-state index contributed by atoms with van der Waals surface area (Å²) in [4.78, 5) is 39.4. The van der Waals surface area contributed by atoms with Crippen molar-refractivity contribution in [3.63, 3.8) is 0 Å². The maximum absolute atomic E-state index is 12.5. The molecule has 25 heavy (non-hydrogen) atoms. The summed E-state index contributed by atoms with van der Waals surface area (Å²) in [5.41, 5.74) is 2.22. The van der Waals surface area contributed by atoms with E-state index in [4.69, 9.17) is 0 Å². The first kappa shape index (κ1) is 14.9. The highest BCUT2D eigenvalue weighted by Crippen LogP contribution is 2.22. The molecular weight excluding hydrogens is 318 g/mol. The average Bonchev–Trinajstić information content (AvgIpc) is 2.65. The van der Waals surface area contributed by atoms with Gasteiger partial charge in [0.25, 0.3) is 5.91 Å². The molecule has 0 radical (unpaired) electrons. The highest BCUT2D eigenvalue weighted by molar-refractivity contribution is 6.06. The Morgan fingerprint density at radius 3 is 2.40 bits per heavy atom. The molecule has 1 heterocycles. The van der Waals surface area contributed by atoms with Gasteiger partial charge in [0, 0.05) is 10.9 Å². The lowest BCUT2D eigenvalue weighted by molar-refractivity contribution is 0.101. The molecule has 1 amide bonds. The van der Waals surface area contributed by atoms with Crippen molar-refractivity contribution >= 4 is 27.7 Å². The number of carbonyl (C=O) groups is 1. The molecular formula is C19H13N3O3. The molecule has 0 aliphatic carbocycles. The number of nitrogens with one attached hydrogen (secondary N) is 2. The number of rotatable bonds is 2. The van der Waals surface area contributed by atoms with Crippen LogP contribution >= 0.6 is 0 Å². The molecule has 6 nitrogen and oxygen atoms in total. The fraction of sp³-hybridized carbons (Fsp3) is 0. The largest absolute Gasteiger partial charge is 0.335 e. The van der Waals surface area contributed by atoms with Crippen LogP contribution < -0.4 is 16.5 Å². The van der Waals surface area contributed by atoms with Crippen molar-refractivity contribution in [2.45, 2.75) is 0 Å². The molecule has 0 atom stereocenters. The second-order valence-corrected chi connectivity index (χ2v) is 5.58. The van der Waals surface area contributed by atoms with Gasteiger partial charge >= 0.3 is 11.1 Å². The fourth-order valence-electron chi connectivity index (χ4n) is 2.84. The van der Waals surface area contributed by atoms with Crippen molar-refractivity contribution in [3.8, 4) is 0 Å². The summed E-state index contributed by atoms with van der Waals surface area (Å²) in [6.07, 6.45) is 0. The molecule has 4 aromatic rings. The molecule has 3 aromatic carbocycles. The van der Waals surface area contributed by atoms with Gasteiger partial charge < -0.3 is 4.98 Å². The van der Waals surface area contributed by atoms with Gasteiger partial charge in [0.2, 0.25) is 0 Å². The quantitative estimate of drug-likeness (QED) is 0.436. The number of benzene rings is 3. The first-order valence-electron chi connectivity index (χ1n) is 7.68. The Hall–Kier alpha value is -3.67. The molecule has 0 aliphatic heterocycles. The standard InChI is InChI=1S/C19H13N3O3/c23-17(13-7-2-1-3-8-13)21-22-16-14-9-5-4-6-12(14)10-11-15(16)20-18(24)19(22)25/h1-11H,(H,20,24)(H,21,23). The molecule has 2 N–H and O–H groups in total. The van der Waals surface area contributed by atoms with Crippen molar-refractivity contribution in [3.05, 3.63) is 93.0 Å². The molecule has 122 valence electrons. The molecule has 0 saturated carbocycles. The molecule has 4 rings (SSSR count). The predicted molar refractivity (Wildman–Crippen MR) is 96.5 cm³/mol. The number of H-pyrrole nitrogens is 1. The van der Waals surface area contributed by atoms with Gasteiger partial charge in [-0.2, -0.15) is 0 Å². The predicted octanol–water partition coefficient (Wildman–Crippen LogP) is 2.23. The number of fused-ring (bicyclic) bond motifs is 3. The number of carbonyl (C=O) groups excluding carboxylic acids is 1. The molecule has 0 spiro atoms. The molecule has 0 bridgehead atoms. The summed E-state index contributed by atoms with van der Waals surface area (Å²) in [5.74, 6) is -0.470. The van der Waals surface area contributed by atoms with Gasteiger partial charge in [0.05, 0.1) is 11.0 Å². The van der Waals surface area contributed by atoms with Crippen molar-refractivity contribution < 1.29 is 4.79 Å². The van der Waals surface area contributed by atoms with Gasteiger partial charge in [-0.3, -0.25) is 19.8 Å². The van der Waals surface area contributed by atoms with Crippen LogP contribution in [0.2, 0.25) is 0 Å². The smallest absolute Gasteiger partial charge is 0.316 e. The van der Waals surface area contributed by atoms with Crippen molar-refractivity contribution in [1.82, 2.24) is 9.66 Å². The maximum atomic E-state index is 12.5. The van der Waals surface area contributed by atoms with E-state index in [2.05, 4.69) is 10.4 Å². The minimum absolute atomic E-state index is 0.392. The van der Waals surface area contributed by atoms with Gasteiger partial charge in [0.1, 0.15) is 0 Å². The van der Waals surface area contributed by atoms with Gasteiger partial charge in [-0.25, -0.2) is 4.68 Å². The van der Waals surface area contributed by atoms with E-state index in [1.807, 2.05) is 30.3 Å². The lowest BCUT2D eigenvalue weighted by Gasteiger charge is -2.13. The van der Waals surface area contributed by atoms with Crippen LogP contribution in [0.1, 0.15) is 10.4 Å². The van der Waals surface area contributed by atoms with E-state index in [1.54, 1.807) is 36.4 Å². The van der Waals surface area contributed by atoms with E-state index < -0.39 is 17.0 Å². The summed E-state index contributed by atoms with van der Waals surface area (Å²) in [6.45, 7) is 0. The molecule has 0 saturated heterocycles. The third kappa shape index (κ3) is 2.49. The van der Waals surface area contributed by atoms with Crippen LogP contribution in [0.15, 0.2) is 76.3 Å². The van der Waals surface area contributed by atoms with Gasteiger partial charge in [-0.1, -0.05) is 48.5 Å². The molecule has 0 aliphatic rings. The lowest BCUT2D eigenvalue weighted by Crippen LogP contribution is -2.42. The van der Waals surface area contributed by atoms with Gasteiger partial charge in [0.15, 0.2) is 0 Å². The fourth-order valence-corrected chi connectivity index (χ4v) is 2.84. The Morgan fingerprint density at radius 1 is 0.880 bits per heavy atom. The van der Waals surface area contributed by atoms with Crippen molar-refractivity contribution in [2.24, 2.45) is 0 Å². The third-order valence-corrected chi connectivity index (χ3v) is 4.02. The molecule has 0 unspecified atom stereocenters. The summed E-state index contributed by atoms with van der Waals surface area (Å²) in [6, 6.07) is 19.5. The number of nitrogens with zero attached hydrogens (tertiary/aromatic N) is 1. The normalized spacial score (nSPS) is 10.9. The van der Waals surface area contributed by atoms with Crippen LogP contribution in [-0.2, 0) is 0 Å². The minimum Gasteiger partial charge on any atom is -0.316 e. The van der Waals surface area contributed by atoms with Crippen molar-refractivity contribution in [2.75, 3.05) is 5.43 Å². The number of amides is 1. The molecule has 0 fully saturated rings. The van der Waals surface area contributed by atoms with E-state index in [0.717, 1.165) is 15.4 Å². The Bertz CT molecular complexity index is 1220. The SMILES string of the molecule is O=C(Nn1c(=O)c(=O)[nH]c2ccc3ccccc3c21)c1ccccc1. The van der Waals surface area contributed by atoms with Gasteiger partial charge in [-0.15, -0.1) is 0 Å². The van der Waals surface area contributed by atoms with Crippen LogP contribution in [-0.4, -0.2) is 15.6 Å². The van der Waals surface area contributed by atoms with Crippen LogP contribution in [0, 0.1) is 0 Å². The topological polar surface area (TPSA) is 84.0 Å². The first-order valence-corrected chi connectivity index (χ1v) is 7.68. The highest BCUT2D eigenvalue weighted by atomic mass is 16.2. The Kier molecular flexibility index (Phi) is 3.43. The number of aromatic amines is 1. The first-order chi connectivity index (χ1) is 12.1. The monoisotopic (exact) mass is 331 g/mol. The molecule has 6 heteroatoms. The van der Waals surface area contributed by atoms with Crippen molar-refractivity contribution in [1.29, 1.82) is 0 Å². The highest BCUT2D eigenvalue weighted by Gasteiger charge is 2.14. The zero-order valence-corrected chi connectivity index (χ0v) is 13.0. The average molecular weight is 331 g/mol. The van der Waals surface area contributed by atoms with E-state index in [0.29, 0.717) is 16.6 Å². The van der Waals surface area contributed by atoms with Crippen LogP contribution in [0.4, 0.5) is 0 Å². The molecule has 1 aromatic heterocycles. The summed E-state index contributed by atoms with van der Waals surface area (Å²) in [7, 11) is 0. The van der Waals surface area contributed by atoms with E-state index in [9.17, 15) is 14.4 Å². The summed E-state index contributed by atoms with van der Waals surface area (Å²) < 4.78 is 1.02. The van der Waals surface area contributed by atoms with E-state index in [1.165, 1.54) is 0 Å². The maximum Gasteiger partial charge on any atom is 0.335 e. The van der Waals surface area contributed by atoms with E-state index >= 15 is 0 Å². The van der Waals surface area contributed by atoms with Crippen LogP contribution in [0.5, 0.6) is 0 Å². The number of hydrogen-bond donors (Lipinski definition) is 2. The lowest BCUT2D eigenvalue weighted by atomic mass is 10.1. The van der Waals surface area contributed by atoms with Crippen LogP contribution in [0.25, 0.3) is 21.8 Å². The zero-order chi connectivity index (χ0) is 17.4. The number of hydrogen-bond acceptors (Lipinski definition) is 3. The Morgan fingerprint density at radius 2 is 1.60 bits per heavy atom. The van der Waals surface area contributed by atoms with Gasteiger partial charge in [-0.05, 0) is 23.6 Å². The Labute approximate surface area is 141 Å². The summed E-state index contributed by atoms with van der Waals surface area (Å²) in [5, 5.41) is 1.64. The second kappa shape index (κ2) is 5.76. The van der Waals surface area contributed by atoms with Crippen LogP contribution in [0.3, 0.4) is 0 Å². The number of aromatic nitrogens is 2. The Balaban J connectivity index is 2.00. The second-order valence-electron chi connectivity index (χ2n) is 5.58. The summed E-state index contributed by atoms with van der Waals surface area (Å²) >= 11 is 0. The third-order valence-electron chi connectivity index (χ3n) is 4.02. The minimum atomic E-state index is -0.840.